The molecule has 0 N–H and O–H groups in total. The zero-order valence-electron chi connectivity index (χ0n) is 17.7. The molecule has 1 aliphatic rings. The van der Waals surface area contributed by atoms with E-state index in [4.69, 9.17) is 0 Å². The maximum atomic E-state index is 9.87. The Kier molecular flexibility index (Phi) is 10.7. The monoisotopic (exact) mass is 620 g/mol. The SMILES string of the molecule is C[C]1C(C)=C(C)C(C)=C1C.Cc1ccccc1.F[P-](F)(F)(F)(F)F.F[P-](F)(F)(F)(F)F.[Rh+2]. The molecular weight excluding hydrogens is 597 g/mol. The van der Waals surface area contributed by atoms with E-state index in [1.807, 2.05) is 18.2 Å². The van der Waals surface area contributed by atoms with Crippen molar-refractivity contribution in [2.24, 2.45) is 0 Å². The summed E-state index contributed by atoms with van der Waals surface area (Å²) in [5.74, 6) is 1.47. The summed E-state index contributed by atoms with van der Waals surface area (Å²) in [7, 11) is -21.3. The number of rotatable bonds is 0. The van der Waals surface area contributed by atoms with Crippen LogP contribution in [0, 0.1) is 12.8 Å². The van der Waals surface area contributed by atoms with Gasteiger partial charge < -0.3 is 0 Å². The standard InChI is InChI=1S/C10H15.C7H8.2F6P.Rh/c1-6-7(2)9(4)10(5)8(6)3;1-7-5-3-2-4-6-7;2*1-7(2,3,4,5)6;/h1-5H3;2-6H,1H3;;;/q;;2*-1;+2. The molecule has 2 radical (unpaired) electrons. The Morgan fingerprint density at radius 3 is 0.750 bits per heavy atom. The molecule has 1 aromatic carbocycles. The molecule has 0 nitrogen and oxygen atoms in total. The van der Waals surface area contributed by atoms with E-state index in [0.29, 0.717) is 0 Å². The van der Waals surface area contributed by atoms with Crippen LogP contribution in [0.5, 0.6) is 0 Å². The van der Waals surface area contributed by atoms with E-state index < -0.39 is 15.6 Å². The summed E-state index contributed by atoms with van der Waals surface area (Å²) in [6, 6.07) is 10.3. The largest absolute Gasteiger partial charge is 2.00 e. The number of aryl methyl sites for hydroxylation is 1. The minimum absolute atomic E-state index is 0. The molecule has 0 spiro atoms. The summed E-state index contributed by atoms with van der Waals surface area (Å²) in [5, 5.41) is 0. The minimum Gasteiger partial charge on any atom is 2.00 e. The van der Waals surface area contributed by atoms with Gasteiger partial charge in [0.25, 0.3) is 0 Å². The average Bonchev–Trinajstić information content (AvgIpc) is 2.60. The molecule has 0 heterocycles. The van der Waals surface area contributed by atoms with E-state index in [1.54, 1.807) is 0 Å². The van der Waals surface area contributed by atoms with Crippen LogP contribution in [0.15, 0.2) is 52.6 Å². The van der Waals surface area contributed by atoms with Crippen LogP contribution in [0.4, 0.5) is 50.4 Å². The van der Waals surface area contributed by atoms with Gasteiger partial charge in [0.15, 0.2) is 0 Å². The van der Waals surface area contributed by atoms with E-state index in [9.17, 15) is 50.4 Å². The van der Waals surface area contributed by atoms with Crippen molar-refractivity contribution in [1.29, 1.82) is 0 Å². The third-order valence-electron chi connectivity index (χ3n) is 3.75. The van der Waals surface area contributed by atoms with Crippen LogP contribution in [0.3, 0.4) is 0 Å². The Hall–Kier alpha value is -0.657. The Bertz CT molecular complexity index is 745. The quantitative estimate of drug-likeness (QED) is 0.154. The second-order valence-electron chi connectivity index (χ2n) is 6.70. The molecule has 0 saturated carbocycles. The third kappa shape index (κ3) is 31.5. The molecule has 0 amide bonds. The van der Waals surface area contributed by atoms with Crippen LogP contribution in [-0.4, -0.2) is 0 Å². The summed E-state index contributed by atoms with van der Waals surface area (Å²) < 4.78 is 118. The maximum Gasteiger partial charge on any atom is 2.00 e. The fraction of sp³-hybridized carbons (Fsp3) is 0.353. The Balaban J connectivity index is -0.000000352. The van der Waals surface area contributed by atoms with Crippen molar-refractivity contribution in [3.05, 3.63) is 64.1 Å². The number of hydrogen-bond acceptors (Lipinski definition) is 0. The van der Waals surface area contributed by atoms with Gasteiger partial charge in [0.2, 0.25) is 0 Å². The van der Waals surface area contributed by atoms with Crippen LogP contribution in [0.25, 0.3) is 0 Å². The molecule has 0 bridgehead atoms. The second-order valence-corrected chi connectivity index (χ2v) is 10.5. The van der Waals surface area contributed by atoms with E-state index in [1.165, 1.54) is 33.8 Å². The third-order valence-corrected chi connectivity index (χ3v) is 3.75. The molecule has 15 heteroatoms. The van der Waals surface area contributed by atoms with Gasteiger partial charge in [-0.3, -0.25) is 0 Å². The molecule has 1 aliphatic carbocycles. The zero-order valence-corrected chi connectivity index (χ0v) is 21.1. The van der Waals surface area contributed by atoms with E-state index in [2.05, 4.69) is 53.7 Å². The van der Waals surface area contributed by atoms with Gasteiger partial charge in [0.05, 0.1) is 0 Å². The van der Waals surface area contributed by atoms with E-state index in [-0.39, 0.29) is 19.5 Å². The van der Waals surface area contributed by atoms with Gasteiger partial charge in [-0.2, -0.15) is 0 Å². The Labute approximate surface area is 191 Å². The first-order valence-corrected chi connectivity index (χ1v) is 12.2. The van der Waals surface area contributed by atoms with Gasteiger partial charge in [-0.25, -0.2) is 0 Å². The molecular formula is C17H23F12P2Rh. The van der Waals surface area contributed by atoms with Crippen molar-refractivity contribution >= 4 is 15.6 Å². The normalized spacial score (nSPS) is 18.7. The zero-order chi connectivity index (χ0) is 25.8. The average molecular weight is 620 g/mol. The van der Waals surface area contributed by atoms with Crippen molar-refractivity contribution in [3.63, 3.8) is 0 Å². The molecule has 2 rings (SSSR count). The van der Waals surface area contributed by atoms with Gasteiger partial charge in [-0.05, 0) is 45.8 Å². The predicted molar refractivity (Wildman–Crippen MR) is 104 cm³/mol. The van der Waals surface area contributed by atoms with Crippen molar-refractivity contribution < 1.29 is 69.8 Å². The van der Waals surface area contributed by atoms with E-state index in [0.717, 1.165) is 0 Å². The first kappa shape index (κ1) is 35.9. The Morgan fingerprint density at radius 2 is 0.656 bits per heavy atom. The van der Waals surface area contributed by atoms with Crippen LogP contribution in [0.1, 0.15) is 40.2 Å². The smallest absolute Gasteiger partial charge is 2.00 e. The molecule has 1 aromatic rings. The first-order chi connectivity index (χ1) is 12.8. The molecule has 0 unspecified atom stereocenters. The van der Waals surface area contributed by atoms with Gasteiger partial charge in [-0.15, -0.1) is 0 Å². The maximum absolute atomic E-state index is 10.7. The van der Waals surface area contributed by atoms with Crippen molar-refractivity contribution in [2.75, 3.05) is 0 Å². The predicted octanol–water partition coefficient (Wildman–Crippen LogP) is 12.0. The topological polar surface area (TPSA) is 0 Å². The summed E-state index contributed by atoms with van der Waals surface area (Å²) in [4.78, 5) is 0. The van der Waals surface area contributed by atoms with E-state index >= 15 is 0 Å². The summed E-state index contributed by atoms with van der Waals surface area (Å²) in [6.45, 7) is 13.1. The number of benzene rings is 1. The van der Waals surface area contributed by atoms with Gasteiger partial charge in [0, 0.05) is 5.92 Å². The second kappa shape index (κ2) is 9.54. The van der Waals surface area contributed by atoms with Crippen molar-refractivity contribution in [3.8, 4) is 0 Å². The van der Waals surface area contributed by atoms with Crippen molar-refractivity contribution in [1.82, 2.24) is 0 Å². The van der Waals surface area contributed by atoms with Gasteiger partial charge in [0.1, 0.15) is 0 Å². The number of allylic oxidation sites excluding steroid dienone is 4. The summed E-state index contributed by atoms with van der Waals surface area (Å²) >= 11 is 0. The van der Waals surface area contributed by atoms with Crippen molar-refractivity contribution in [2.45, 2.75) is 41.5 Å². The molecule has 32 heavy (non-hydrogen) atoms. The fourth-order valence-corrected chi connectivity index (χ4v) is 1.94. The van der Waals surface area contributed by atoms with Crippen LogP contribution in [0.2, 0.25) is 0 Å². The first-order valence-electron chi connectivity index (χ1n) is 8.19. The minimum atomic E-state index is -10.7. The van der Waals surface area contributed by atoms with Gasteiger partial charge in [-0.1, -0.05) is 54.0 Å². The number of halogens is 12. The van der Waals surface area contributed by atoms with Crippen LogP contribution >= 0.6 is 15.6 Å². The Morgan fingerprint density at radius 1 is 0.438 bits per heavy atom. The fourth-order valence-electron chi connectivity index (χ4n) is 1.94. The summed E-state index contributed by atoms with van der Waals surface area (Å²) in [5.41, 5.74) is 7.19. The molecule has 0 saturated heterocycles. The number of hydrogen-bond donors (Lipinski definition) is 0. The van der Waals surface area contributed by atoms with Gasteiger partial charge >= 0.3 is 85.5 Å². The molecule has 194 valence electrons. The molecule has 0 fully saturated rings. The summed E-state index contributed by atoms with van der Waals surface area (Å²) in [6.07, 6.45) is 0. The molecule has 0 aliphatic heterocycles. The molecule has 0 atom stereocenters. The van der Waals surface area contributed by atoms with Crippen LogP contribution in [-0.2, 0) is 19.5 Å². The van der Waals surface area contributed by atoms with Crippen LogP contribution < -0.4 is 0 Å². The molecule has 0 aromatic heterocycles.